The SMILES string of the molecule is Cc1ccccc1Nc1ncnc(Nc2ccc(Br)cc2F)c1[N+](=O)[O-]. The van der Waals surface area contributed by atoms with Gasteiger partial charge in [-0.05, 0) is 36.8 Å². The molecule has 26 heavy (non-hydrogen) atoms. The summed E-state index contributed by atoms with van der Waals surface area (Å²) in [4.78, 5) is 18.9. The van der Waals surface area contributed by atoms with Crippen molar-refractivity contribution in [2.75, 3.05) is 10.6 Å². The third kappa shape index (κ3) is 3.77. The highest BCUT2D eigenvalue weighted by molar-refractivity contribution is 9.10. The number of benzene rings is 2. The number of anilines is 4. The van der Waals surface area contributed by atoms with Crippen LogP contribution in [0.25, 0.3) is 0 Å². The minimum atomic E-state index is -0.611. The van der Waals surface area contributed by atoms with E-state index in [9.17, 15) is 14.5 Å². The summed E-state index contributed by atoms with van der Waals surface area (Å²) in [5.74, 6) is -0.665. The zero-order valence-corrected chi connectivity index (χ0v) is 15.1. The Labute approximate surface area is 156 Å². The van der Waals surface area contributed by atoms with Crippen molar-refractivity contribution in [2.45, 2.75) is 6.92 Å². The Balaban J connectivity index is 2.01. The molecule has 0 radical (unpaired) electrons. The van der Waals surface area contributed by atoms with Crippen LogP contribution < -0.4 is 10.6 Å². The van der Waals surface area contributed by atoms with E-state index >= 15 is 0 Å². The van der Waals surface area contributed by atoms with Crippen LogP contribution in [0.2, 0.25) is 0 Å². The predicted molar refractivity (Wildman–Crippen MR) is 101 cm³/mol. The average Bonchev–Trinajstić information content (AvgIpc) is 2.59. The molecule has 0 aliphatic heterocycles. The number of halogens is 2. The second-order valence-corrected chi connectivity index (χ2v) is 6.28. The van der Waals surface area contributed by atoms with Crippen molar-refractivity contribution in [3.63, 3.8) is 0 Å². The monoisotopic (exact) mass is 417 g/mol. The maximum absolute atomic E-state index is 14.0. The molecule has 0 saturated carbocycles. The number of aromatic nitrogens is 2. The lowest BCUT2D eigenvalue weighted by Crippen LogP contribution is -2.06. The van der Waals surface area contributed by atoms with E-state index in [1.54, 1.807) is 18.2 Å². The van der Waals surface area contributed by atoms with Crippen molar-refractivity contribution in [2.24, 2.45) is 0 Å². The standard InChI is InChI=1S/C17H13BrFN5O2/c1-10-4-2-3-5-13(10)22-16-15(24(25)26)17(21-9-20-16)23-14-7-6-11(18)8-12(14)19/h2-9H,1H3,(H2,20,21,22,23). The summed E-state index contributed by atoms with van der Waals surface area (Å²) in [7, 11) is 0. The number of aryl methyl sites for hydroxylation is 1. The van der Waals surface area contributed by atoms with Gasteiger partial charge in [0.05, 0.1) is 10.6 Å². The summed E-state index contributed by atoms with van der Waals surface area (Å²) < 4.78 is 14.6. The van der Waals surface area contributed by atoms with E-state index in [-0.39, 0.29) is 23.0 Å². The lowest BCUT2D eigenvalue weighted by atomic mass is 10.2. The highest BCUT2D eigenvalue weighted by Crippen LogP contribution is 2.34. The molecule has 0 spiro atoms. The Morgan fingerprint density at radius 3 is 2.35 bits per heavy atom. The number of nitrogens with one attached hydrogen (secondary N) is 2. The van der Waals surface area contributed by atoms with E-state index in [0.717, 1.165) is 5.56 Å². The number of nitro groups is 1. The van der Waals surface area contributed by atoms with Crippen LogP contribution in [0, 0.1) is 22.9 Å². The minimum Gasteiger partial charge on any atom is -0.334 e. The molecule has 1 heterocycles. The van der Waals surface area contributed by atoms with E-state index in [1.165, 1.54) is 18.5 Å². The van der Waals surface area contributed by atoms with E-state index in [2.05, 4.69) is 36.5 Å². The van der Waals surface area contributed by atoms with Gasteiger partial charge in [0, 0.05) is 10.2 Å². The third-order valence-corrected chi connectivity index (χ3v) is 4.08. The van der Waals surface area contributed by atoms with Crippen LogP contribution in [0.5, 0.6) is 0 Å². The molecule has 2 N–H and O–H groups in total. The molecule has 0 aliphatic carbocycles. The summed E-state index contributed by atoms with van der Waals surface area (Å²) in [5, 5.41) is 17.2. The zero-order chi connectivity index (χ0) is 18.7. The van der Waals surface area contributed by atoms with Gasteiger partial charge in [0.2, 0.25) is 11.6 Å². The van der Waals surface area contributed by atoms with Gasteiger partial charge >= 0.3 is 5.69 Å². The first kappa shape index (κ1) is 17.7. The highest BCUT2D eigenvalue weighted by atomic mass is 79.9. The van der Waals surface area contributed by atoms with Crippen molar-refractivity contribution in [1.29, 1.82) is 0 Å². The highest BCUT2D eigenvalue weighted by Gasteiger charge is 2.24. The molecule has 3 rings (SSSR count). The molecule has 0 bridgehead atoms. The molecule has 0 saturated heterocycles. The molecule has 1 aromatic heterocycles. The van der Waals surface area contributed by atoms with Gasteiger partial charge < -0.3 is 10.6 Å². The first-order chi connectivity index (χ1) is 12.5. The fourth-order valence-corrected chi connectivity index (χ4v) is 2.63. The Morgan fingerprint density at radius 1 is 1.08 bits per heavy atom. The number of rotatable bonds is 5. The van der Waals surface area contributed by atoms with Crippen LogP contribution in [-0.2, 0) is 0 Å². The third-order valence-electron chi connectivity index (χ3n) is 3.59. The molecule has 0 atom stereocenters. The quantitative estimate of drug-likeness (QED) is 0.443. The van der Waals surface area contributed by atoms with Crippen LogP contribution in [-0.4, -0.2) is 14.9 Å². The number of hydrogen-bond acceptors (Lipinski definition) is 6. The van der Waals surface area contributed by atoms with E-state index < -0.39 is 10.7 Å². The largest absolute Gasteiger partial charge is 0.353 e. The molecule has 0 aliphatic rings. The summed E-state index contributed by atoms with van der Waals surface area (Å²) in [6.07, 6.45) is 1.17. The first-order valence-electron chi connectivity index (χ1n) is 7.50. The second-order valence-electron chi connectivity index (χ2n) is 5.37. The van der Waals surface area contributed by atoms with Crippen molar-refractivity contribution in [3.8, 4) is 0 Å². The van der Waals surface area contributed by atoms with Gasteiger partial charge in [-0.25, -0.2) is 14.4 Å². The summed E-state index contributed by atoms with van der Waals surface area (Å²) >= 11 is 3.16. The van der Waals surface area contributed by atoms with E-state index in [0.29, 0.717) is 10.2 Å². The molecule has 0 amide bonds. The average molecular weight is 418 g/mol. The zero-order valence-electron chi connectivity index (χ0n) is 13.5. The van der Waals surface area contributed by atoms with Crippen LogP contribution >= 0.6 is 15.9 Å². The second kappa shape index (κ2) is 7.44. The molecular formula is C17H13BrFN5O2. The molecule has 2 aromatic carbocycles. The molecule has 0 fully saturated rings. The van der Waals surface area contributed by atoms with Crippen molar-refractivity contribution in [1.82, 2.24) is 9.97 Å². The Kier molecular flexibility index (Phi) is 5.08. The van der Waals surface area contributed by atoms with Gasteiger partial charge in [0.25, 0.3) is 0 Å². The van der Waals surface area contributed by atoms with Crippen molar-refractivity contribution in [3.05, 3.63) is 74.8 Å². The topological polar surface area (TPSA) is 93.0 Å². The van der Waals surface area contributed by atoms with Crippen LogP contribution in [0.1, 0.15) is 5.56 Å². The van der Waals surface area contributed by atoms with Gasteiger partial charge in [-0.1, -0.05) is 34.1 Å². The number of hydrogen-bond donors (Lipinski definition) is 2. The number of nitrogens with zero attached hydrogens (tertiary/aromatic N) is 3. The summed E-state index contributed by atoms with van der Waals surface area (Å²) in [6, 6.07) is 11.6. The van der Waals surface area contributed by atoms with Crippen molar-refractivity contribution < 1.29 is 9.31 Å². The Morgan fingerprint density at radius 2 is 1.73 bits per heavy atom. The summed E-state index contributed by atoms with van der Waals surface area (Å²) in [5.41, 5.74) is 1.26. The lowest BCUT2D eigenvalue weighted by Gasteiger charge is -2.12. The molecule has 132 valence electrons. The normalized spacial score (nSPS) is 10.4. The fraction of sp³-hybridized carbons (Fsp3) is 0.0588. The molecule has 0 unspecified atom stereocenters. The minimum absolute atomic E-state index is 0.0133. The van der Waals surface area contributed by atoms with Crippen LogP contribution in [0.4, 0.5) is 33.1 Å². The van der Waals surface area contributed by atoms with E-state index in [4.69, 9.17) is 0 Å². The molecule has 9 heteroatoms. The van der Waals surface area contributed by atoms with Crippen LogP contribution in [0.3, 0.4) is 0 Å². The predicted octanol–water partition coefficient (Wildman–Crippen LogP) is 5.08. The maximum atomic E-state index is 14.0. The van der Waals surface area contributed by atoms with Gasteiger partial charge in [0.1, 0.15) is 12.1 Å². The maximum Gasteiger partial charge on any atom is 0.353 e. The van der Waals surface area contributed by atoms with Gasteiger partial charge in [-0.3, -0.25) is 10.1 Å². The van der Waals surface area contributed by atoms with Crippen molar-refractivity contribution >= 4 is 44.6 Å². The first-order valence-corrected chi connectivity index (χ1v) is 8.29. The Hall–Kier alpha value is -3.07. The van der Waals surface area contributed by atoms with Gasteiger partial charge in [-0.15, -0.1) is 0 Å². The van der Waals surface area contributed by atoms with E-state index in [1.807, 2.05) is 19.1 Å². The van der Waals surface area contributed by atoms with Gasteiger partial charge in [-0.2, -0.15) is 0 Å². The molecule has 3 aromatic rings. The Bertz CT molecular complexity index is 983. The fourth-order valence-electron chi connectivity index (χ4n) is 2.29. The summed E-state index contributed by atoms with van der Waals surface area (Å²) in [6.45, 7) is 1.87. The molecular weight excluding hydrogens is 405 g/mol. The molecule has 7 nitrogen and oxygen atoms in total. The van der Waals surface area contributed by atoms with Gasteiger partial charge in [0.15, 0.2) is 0 Å². The lowest BCUT2D eigenvalue weighted by molar-refractivity contribution is -0.383. The number of para-hydroxylation sites is 1. The smallest absolute Gasteiger partial charge is 0.334 e. The van der Waals surface area contributed by atoms with Crippen LogP contribution in [0.15, 0.2) is 53.3 Å².